The van der Waals surface area contributed by atoms with E-state index in [2.05, 4.69) is 42.1 Å². The molecule has 3 aromatic rings. The van der Waals surface area contributed by atoms with Crippen LogP contribution in [0.15, 0.2) is 24.5 Å². The summed E-state index contributed by atoms with van der Waals surface area (Å²) in [6.07, 6.45) is 3.84. The summed E-state index contributed by atoms with van der Waals surface area (Å²) >= 11 is 0. The summed E-state index contributed by atoms with van der Waals surface area (Å²) in [5, 5.41) is 13.1. The number of aromatic nitrogens is 6. The summed E-state index contributed by atoms with van der Waals surface area (Å²) in [6, 6.07) is 6.47. The fourth-order valence-electron chi connectivity index (χ4n) is 3.51. The summed E-state index contributed by atoms with van der Waals surface area (Å²) in [6.45, 7) is 6.82. The monoisotopic (exact) mass is 352 g/mol. The van der Waals surface area contributed by atoms with Crippen molar-refractivity contribution in [3.8, 4) is 0 Å². The predicted molar refractivity (Wildman–Crippen MR) is 99.0 cm³/mol. The summed E-state index contributed by atoms with van der Waals surface area (Å²) < 4.78 is 1.86. The van der Waals surface area contributed by atoms with Crippen molar-refractivity contribution in [1.82, 2.24) is 34.7 Å². The van der Waals surface area contributed by atoms with Crippen molar-refractivity contribution in [2.24, 2.45) is 0 Å². The minimum atomic E-state index is 0.496. The zero-order chi connectivity index (χ0) is 18.1. The molecular formula is C18H24N8. The highest BCUT2D eigenvalue weighted by atomic mass is 15.4. The molecule has 0 spiro atoms. The first-order chi connectivity index (χ1) is 12.6. The second-order valence-corrected chi connectivity index (χ2v) is 7.00. The molecule has 0 N–H and O–H groups in total. The maximum absolute atomic E-state index is 4.53. The highest BCUT2D eigenvalue weighted by Crippen LogP contribution is 2.21. The minimum Gasteiger partial charge on any atom is -0.356 e. The molecule has 1 aliphatic rings. The van der Waals surface area contributed by atoms with Gasteiger partial charge in [0.1, 0.15) is 12.1 Å². The largest absolute Gasteiger partial charge is 0.356 e. The molecule has 3 aromatic heterocycles. The van der Waals surface area contributed by atoms with E-state index in [0.717, 1.165) is 61.2 Å². The number of likely N-dealkylation sites (tertiary alicyclic amines) is 1. The molecule has 26 heavy (non-hydrogen) atoms. The number of rotatable bonds is 4. The lowest BCUT2D eigenvalue weighted by Gasteiger charge is -2.37. The van der Waals surface area contributed by atoms with Crippen molar-refractivity contribution in [2.45, 2.75) is 39.3 Å². The van der Waals surface area contributed by atoms with Gasteiger partial charge in [-0.05, 0) is 38.8 Å². The molecule has 0 atom stereocenters. The van der Waals surface area contributed by atoms with E-state index in [0.29, 0.717) is 6.04 Å². The Kier molecular flexibility index (Phi) is 4.50. The number of nitrogens with zero attached hydrogens (tertiary/aromatic N) is 8. The Morgan fingerprint density at radius 2 is 1.88 bits per heavy atom. The smallest absolute Gasteiger partial charge is 0.177 e. The molecular weight excluding hydrogens is 328 g/mol. The van der Waals surface area contributed by atoms with Gasteiger partial charge in [0.25, 0.3) is 0 Å². The predicted octanol–water partition coefficient (Wildman–Crippen LogP) is 1.63. The zero-order valence-electron chi connectivity index (χ0n) is 15.5. The quantitative estimate of drug-likeness (QED) is 0.706. The molecule has 0 aromatic carbocycles. The highest BCUT2D eigenvalue weighted by Gasteiger charge is 2.24. The van der Waals surface area contributed by atoms with Gasteiger partial charge in [0, 0.05) is 37.9 Å². The van der Waals surface area contributed by atoms with E-state index in [4.69, 9.17) is 0 Å². The number of piperidine rings is 1. The molecule has 8 heteroatoms. The molecule has 1 fully saturated rings. The lowest BCUT2D eigenvalue weighted by Crippen LogP contribution is -2.43. The average molecular weight is 352 g/mol. The van der Waals surface area contributed by atoms with E-state index in [9.17, 15) is 0 Å². The van der Waals surface area contributed by atoms with Gasteiger partial charge in [-0.25, -0.2) is 9.97 Å². The third-order valence-electron chi connectivity index (χ3n) is 5.08. The van der Waals surface area contributed by atoms with Gasteiger partial charge in [-0.3, -0.25) is 4.90 Å². The number of anilines is 1. The van der Waals surface area contributed by atoms with Gasteiger partial charge in [-0.2, -0.15) is 9.61 Å². The molecule has 0 unspecified atom stereocenters. The third kappa shape index (κ3) is 3.37. The fourth-order valence-corrected chi connectivity index (χ4v) is 3.51. The van der Waals surface area contributed by atoms with Crippen LogP contribution in [0.4, 0.5) is 5.82 Å². The van der Waals surface area contributed by atoms with Crippen LogP contribution in [0.2, 0.25) is 0 Å². The van der Waals surface area contributed by atoms with Crippen LogP contribution in [0.5, 0.6) is 0 Å². The summed E-state index contributed by atoms with van der Waals surface area (Å²) in [4.78, 5) is 13.3. The Morgan fingerprint density at radius 1 is 1.08 bits per heavy atom. The van der Waals surface area contributed by atoms with Gasteiger partial charge in [-0.1, -0.05) is 0 Å². The molecule has 4 rings (SSSR count). The van der Waals surface area contributed by atoms with Crippen LogP contribution < -0.4 is 4.90 Å². The highest BCUT2D eigenvalue weighted by molar-refractivity contribution is 5.39. The Labute approximate surface area is 152 Å². The van der Waals surface area contributed by atoms with Crippen LogP contribution in [0.25, 0.3) is 5.65 Å². The lowest BCUT2D eigenvalue weighted by molar-refractivity contribution is 0.197. The minimum absolute atomic E-state index is 0.496. The molecule has 0 radical (unpaired) electrons. The summed E-state index contributed by atoms with van der Waals surface area (Å²) in [7, 11) is 2.13. The van der Waals surface area contributed by atoms with Crippen LogP contribution >= 0.6 is 0 Å². The van der Waals surface area contributed by atoms with E-state index >= 15 is 0 Å². The first-order valence-corrected chi connectivity index (χ1v) is 9.02. The molecule has 136 valence electrons. The van der Waals surface area contributed by atoms with E-state index in [1.54, 1.807) is 6.33 Å². The summed E-state index contributed by atoms with van der Waals surface area (Å²) in [5.74, 6) is 1.90. The van der Waals surface area contributed by atoms with E-state index in [1.807, 2.05) is 36.6 Å². The Bertz CT molecular complexity index is 897. The van der Waals surface area contributed by atoms with Gasteiger partial charge in [0.05, 0.1) is 12.2 Å². The lowest BCUT2D eigenvalue weighted by atomic mass is 10.0. The molecule has 0 saturated carbocycles. The first-order valence-electron chi connectivity index (χ1n) is 9.02. The molecule has 0 amide bonds. The van der Waals surface area contributed by atoms with Gasteiger partial charge < -0.3 is 4.90 Å². The molecule has 0 bridgehead atoms. The van der Waals surface area contributed by atoms with E-state index < -0.39 is 0 Å². The van der Waals surface area contributed by atoms with Gasteiger partial charge in [0.2, 0.25) is 0 Å². The number of hydrogen-bond acceptors (Lipinski definition) is 7. The average Bonchev–Trinajstić information content (AvgIpc) is 3.04. The summed E-state index contributed by atoms with van der Waals surface area (Å²) in [5.41, 5.74) is 2.78. The number of aryl methyl sites for hydroxylation is 2. The Morgan fingerprint density at radius 3 is 2.65 bits per heavy atom. The van der Waals surface area contributed by atoms with Crippen molar-refractivity contribution in [1.29, 1.82) is 0 Å². The third-order valence-corrected chi connectivity index (χ3v) is 5.08. The molecule has 1 aliphatic heterocycles. The maximum Gasteiger partial charge on any atom is 0.177 e. The SMILES string of the molecule is Cc1cc(N(C)C2CCN(Cc3nnc4ccc(C)nn34)CC2)ncn1. The van der Waals surface area contributed by atoms with Crippen molar-refractivity contribution in [3.05, 3.63) is 41.7 Å². The molecule has 0 aliphatic carbocycles. The Hall–Kier alpha value is -2.61. The van der Waals surface area contributed by atoms with Crippen molar-refractivity contribution in [2.75, 3.05) is 25.0 Å². The molecule has 8 nitrogen and oxygen atoms in total. The van der Waals surface area contributed by atoms with Crippen LogP contribution in [-0.2, 0) is 6.54 Å². The number of hydrogen-bond donors (Lipinski definition) is 0. The maximum atomic E-state index is 4.53. The molecule has 1 saturated heterocycles. The van der Waals surface area contributed by atoms with E-state index in [-0.39, 0.29) is 0 Å². The first kappa shape index (κ1) is 16.8. The van der Waals surface area contributed by atoms with E-state index in [1.165, 1.54) is 0 Å². The van der Waals surface area contributed by atoms with Crippen LogP contribution in [0.3, 0.4) is 0 Å². The van der Waals surface area contributed by atoms with Gasteiger partial charge in [-0.15, -0.1) is 10.2 Å². The standard InChI is InChI=1S/C18H24N8/c1-13-4-5-16-21-22-18(26(16)23-13)11-25-8-6-15(7-9-25)24(3)17-10-14(2)19-12-20-17/h4-5,10,12,15H,6-9,11H2,1-3H3. The van der Waals surface area contributed by atoms with Gasteiger partial charge in [0.15, 0.2) is 11.5 Å². The Balaban J connectivity index is 1.39. The second kappa shape index (κ2) is 6.95. The fraction of sp³-hybridized carbons (Fsp3) is 0.500. The number of fused-ring (bicyclic) bond motifs is 1. The topological polar surface area (TPSA) is 75.3 Å². The van der Waals surface area contributed by atoms with Crippen molar-refractivity contribution in [3.63, 3.8) is 0 Å². The second-order valence-electron chi connectivity index (χ2n) is 7.00. The van der Waals surface area contributed by atoms with Crippen LogP contribution in [0, 0.1) is 13.8 Å². The van der Waals surface area contributed by atoms with Gasteiger partial charge >= 0.3 is 0 Å². The van der Waals surface area contributed by atoms with Crippen LogP contribution in [0.1, 0.15) is 30.1 Å². The zero-order valence-corrected chi connectivity index (χ0v) is 15.5. The van der Waals surface area contributed by atoms with Crippen LogP contribution in [-0.4, -0.2) is 60.9 Å². The van der Waals surface area contributed by atoms with Crippen molar-refractivity contribution < 1.29 is 0 Å². The molecule has 4 heterocycles. The van der Waals surface area contributed by atoms with Crippen molar-refractivity contribution >= 4 is 11.5 Å². The normalized spacial score (nSPS) is 16.3.